The fourth-order valence-corrected chi connectivity index (χ4v) is 5.20. The van der Waals surface area contributed by atoms with Gasteiger partial charge in [0.25, 0.3) is 5.56 Å². The molecule has 1 aliphatic rings. The summed E-state index contributed by atoms with van der Waals surface area (Å²) < 4.78 is 51.1. The first-order chi connectivity index (χ1) is 20.1. The molecular weight excluding hydrogens is 571 g/mol. The van der Waals surface area contributed by atoms with Crippen LogP contribution >= 0.6 is 11.6 Å². The predicted molar refractivity (Wildman–Crippen MR) is 151 cm³/mol. The van der Waals surface area contributed by atoms with Crippen LogP contribution in [0.3, 0.4) is 0 Å². The van der Waals surface area contributed by atoms with Gasteiger partial charge in [0.2, 0.25) is 0 Å². The molecule has 4 aromatic rings. The Morgan fingerprint density at radius 2 is 1.79 bits per heavy atom. The van der Waals surface area contributed by atoms with Crippen molar-refractivity contribution in [3.8, 4) is 22.9 Å². The van der Waals surface area contributed by atoms with Crippen LogP contribution < -0.4 is 15.6 Å². The third-order valence-corrected chi connectivity index (χ3v) is 7.71. The van der Waals surface area contributed by atoms with E-state index in [1.807, 2.05) is 12.1 Å². The lowest BCUT2D eigenvalue weighted by molar-refractivity contribution is -0.207. The summed E-state index contributed by atoms with van der Waals surface area (Å²) >= 11 is 6.01. The van der Waals surface area contributed by atoms with Crippen LogP contribution in [0.15, 0.2) is 77.6 Å². The number of ether oxygens (including phenoxy) is 2. The molecule has 1 N–H and O–H groups in total. The number of methoxy groups -OCH3 is 1. The molecule has 0 radical (unpaired) electrons. The van der Waals surface area contributed by atoms with E-state index in [1.54, 1.807) is 54.6 Å². The van der Waals surface area contributed by atoms with E-state index < -0.39 is 35.9 Å². The second kappa shape index (κ2) is 11.5. The number of esters is 1. The van der Waals surface area contributed by atoms with Gasteiger partial charge >= 0.3 is 12.1 Å². The average Bonchev–Trinajstić information content (AvgIpc) is 3.78. The van der Waals surface area contributed by atoms with E-state index in [-0.39, 0.29) is 17.6 Å². The highest BCUT2D eigenvalue weighted by Crippen LogP contribution is 2.48. The smallest absolute Gasteiger partial charge is 0.490 e. The SMILES string of the molecule is COc1ccc2c(=O)n(CC(NCC3(c4ccc(Cl)cc4)CC3)OC(=O)C(F)(F)F)c(C#N)c(-c3ccccc3)c2c1. The van der Waals surface area contributed by atoms with Crippen LogP contribution in [0.25, 0.3) is 21.9 Å². The summed E-state index contributed by atoms with van der Waals surface area (Å²) in [5.41, 5.74) is 0.815. The van der Waals surface area contributed by atoms with Gasteiger partial charge in [-0.3, -0.25) is 14.7 Å². The molecule has 1 aromatic heterocycles. The molecule has 216 valence electrons. The zero-order valence-corrected chi connectivity index (χ0v) is 23.1. The molecule has 0 amide bonds. The maximum Gasteiger partial charge on any atom is 0.490 e. The van der Waals surface area contributed by atoms with Gasteiger partial charge in [0, 0.05) is 33.3 Å². The van der Waals surface area contributed by atoms with Gasteiger partial charge in [-0.15, -0.1) is 0 Å². The topological polar surface area (TPSA) is 93.3 Å². The largest absolute Gasteiger partial charge is 0.497 e. The number of carbonyl (C=O) groups is 1. The van der Waals surface area contributed by atoms with Crippen molar-refractivity contribution in [1.29, 1.82) is 5.26 Å². The van der Waals surface area contributed by atoms with Crippen LogP contribution in [0.4, 0.5) is 13.2 Å². The van der Waals surface area contributed by atoms with E-state index in [2.05, 4.69) is 11.4 Å². The molecule has 1 unspecified atom stereocenters. The Hall–Kier alpha value is -4.33. The van der Waals surface area contributed by atoms with Crippen molar-refractivity contribution in [2.24, 2.45) is 0 Å². The van der Waals surface area contributed by atoms with Crippen LogP contribution in [0.1, 0.15) is 24.1 Å². The number of hydrogen-bond donors (Lipinski definition) is 1. The number of hydrogen-bond acceptors (Lipinski definition) is 6. The average molecular weight is 596 g/mol. The first-order valence-corrected chi connectivity index (χ1v) is 13.4. The quantitative estimate of drug-likeness (QED) is 0.190. The van der Waals surface area contributed by atoms with Crippen LogP contribution in [0.2, 0.25) is 5.02 Å². The minimum Gasteiger partial charge on any atom is -0.497 e. The van der Waals surface area contributed by atoms with E-state index in [0.29, 0.717) is 27.3 Å². The molecule has 42 heavy (non-hydrogen) atoms. The Labute approximate surface area is 244 Å². The van der Waals surface area contributed by atoms with E-state index in [4.69, 9.17) is 21.1 Å². The van der Waals surface area contributed by atoms with Crippen molar-refractivity contribution in [1.82, 2.24) is 9.88 Å². The molecule has 7 nitrogen and oxygen atoms in total. The van der Waals surface area contributed by atoms with Crippen LogP contribution in [0, 0.1) is 11.3 Å². The molecule has 3 aromatic carbocycles. The van der Waals surface area contributed by atoms with Gasteiger partial charge in [-0.1, -0.05) is 54.1 Å². The Bertz CT molecular complexity index is 1730. The van der Waals surface area contributed by atoms with Gasteiger partial charge in [-0.05, 0) is 54.3 Å². The minimum absolute atomic E-state index is 0.0966. The van der Waals surface area contributed by atoms with Crippen LogP contribution in [0.5, 0.6) is 5.75 Å². The first-order valence-electron chi connectivity index (χ1n) is 13.0. The minimum atomic E-state index is -5.26. The van der Waals surface area contributed by atoms with Gasteiger partial charge < -0.3 is 9.47 Å². The molecule has 1 aliphatic carbocycles. The maximum absolute atomic E-state index is 13.7. The summed E-state index contributed by atoms with van der Waals surface area (Å²) in [7, 11) is 1.47. The molecular formula is C31H25ClF3N3O4. The van der Waals surface area contributed by atoms with E-state index >= 15 is 0 Å². The van der Waals surface area contributed by atoms with Crippen molar-refractivity contribution in [2.45, 2.75) is 37.2 Å². The highest BCUT2D eigenvalue weighted by Gasteiger charge is 2.46. The number of benzene rings is 3. The molecule has 1 heterocycles. The highest BCUT2D eigenvalue weighted by molar-refractivity contribution is 6.30. The fraction of sp³-hybridized carbons (Fsp3) is 0.258. The van der Waals surface area contributed by atoms with E-state index in [1.165, 1.54) is 13.2 Å². The van der Waals surface area contributed by atoms with Gasteiger partial charge in [-0.25, -0.2) is 4.79 Å². The zero-order chi connectivity index (χ0) is 30.1. The Morgan fingerprint density at radius 1 is 1.10 bits per heavy atom. The summed E-state index contributed by atoms with van der Waals surface area (Å²) in [6, 6.07) is 22.8. The number of nitrogens with one attached hydrogen (secondary N) is 1. The molecule has 1 atom stereocenters. The summed E-state index contributed by atoms with van der Waals surface area (Å²) in [5.74, 6) is -1.95. The van der Waals surface area contributed by atoms with Crippen LogP contribution in [-0.4, -0.2) is 36.6 Å². The number of halogens is 4. The Kier molecular flexibility index (Phi) is 7.99. The van der Waals surface area contributed by atoms with Gasteiger partial charge in [0.05, 0.1) is 13.7 Å². The maximum atomic E-state index is 13.7. The Balaban J connectivity index is 1.58. The highest BCUT2D eigenvalue weighted by atomic mass is 35.5. The number of rotatable bonds is 9. The van der Waals surface area contributed by atoms with Gasteiger partial charge in [0.15, 0.2) is 6.23 Å². The van der Waals surface area contributed by atoms with E-state index in [9.17, 15) is 28.0 Å². The second-order valence-corrected chi connectivity index (χ2v) is 10.5. The summed E-state index contributed by atoms with van der Waals surface area (Å²) in [5, 5.41) is 14.4. The second-order valence-electron chi connectivity index (χ2n) is 10.1. The normalized spacial score (nSPS) is 14.7. The number of carbonyl (C=O) groups excluding carboxylic acids is 1. The number of pyridine rings is 1. The summed E-state index contributed by atoms with van der Waals surface area (Å²) in [6.45, 7) is -0.376. The Morgan fingerprint density at radius 3 is 2.38 bits per heavy atom. The van der Waals surface area contributed by atoms with E-state index in [0.717, 1.165) is 23.0 Å². The van der Waals surface area contributed by atoms with Gasteiger partial charge in [-0.2, -0.15) is 18.4 Å². The van der Waals surface area contributed by atoms with Gasteiger partial charge in [0.1, 0.15) is 17.5 Å². The standard InChI is InChI=1S/C31H25ClF3N3O4/c1-41-22-11-12-23-24(15-22)27(19-5-3-2-4-6-19)25(16-36)38(28(23)39)17-26(42-29(40)31(33,34)35)37-18-30(13-14-30)20-7-9-21(32)10-8-20/h2-12,15,26,37H,13-14,17-18H2,1H3. The lowest BCUT2D eigenvalue weighted by atomic mass is 9.96. The molecule has 0 bridgehead atoms. The summed E-state index contributed by atoms with van der Waals surface area (Å²) in [4.78, 5) is 25.7. The molecule has 11 heteroatoms. The molecule has 1 fully saturated rings. The molecule has 0 spiro atoms. The zero-order valence-electron chi connectivity index (χ0n) is 22.4. The fourth-order valence-electron chi connectivity index (χ4n) is 5.08. The van der Waals surface area contributed by atoms with Crippen molar-refractivity contribution in [3.63, 3.8) is 0 Å². The number of alkyl halides is 3. The number of nitrogens with zero attached hydrogens (tertiary/aromatic N) is 2. The predicted octanol–water partition coefficient (Wildman–Crippen LogP) is 5.96. The summed E-state index contributed by atoms with van der Waals surface area (Å²) in [6.07, 6.45) is -5.33. The number of aromatic nitrogens is 1. The number of nitriles is 1. The molecule has 0 saturated heterocycles. The van der Waals surface area contributed by atoms with Crippen LogP contribution in [-0.2, 0) is 21.5 Å². The first kappa shape index (κ1) is 29.2. The van der Waals surface area contributed by atoms with Crippen molar-refractivity contribution in [2.75, 3.05) is 13.7 Å². The lowest BCUT2D eigenvalue weighted by Crippen LogP contribution is -2.45. The molecule has 0 aliphatic heterocycles. The lowest BCUT2D eigenvalue weighted by Gasteiger charge is -2.25. The molecule has 1 saturated carbocycles. The monoisotopic (exact) mass is 595 g/mol. The molecule has 5 rings (SSSR count). The third kappa shape index (κ3) is 5.84. The van der Waals surface area contributed by atoms with Crippen molar-refractivity contribution >= 4 is 28.3 Å². The van der Waals surface area contributed by atoms with Crippen molar-refractivity contribution < 1.29 is 27.4 Å². The number of fused-ring (bicyclic) bond motifs is 1. The van der Waals surface area contributed by atoms with Crippen molar-refractivity contribution in [3.05, 3.63) is 99.4 Å². The third-order valence-electron chi connectivity index (χ3n) is 7.45.